The van der Waals surface area contributed by atoms with Gasteiger partial charge in [-0.15, -0.1) is 0 Å². The molecular weight excluding hydrogens is 224 g/mol. The second kappa shape index (κ2) is 6.76. The molecule has 1 aromatic rings. The first kappa shape index (κ1) is 13.4. The summed E-state index contributed by atoms with van der Waals surface area (Å²) in [5.41, 5.74) is 6.99. The number of rotatable bonds is 5. The van der Waals surface area contributed by atoms with Crippen LogP contribution in [0.15, 0.2) is 24.3 Å². The molecule has 1 saturated heterocycles. The highest BCUT2D eigenvalue weighted by Gasteiger charge is 2.18. The molecule has 100 valence electrons. The van der Waals surface area contributed by atoms with Crippen molar-refractivity contribution in [3.8, 4) is 5.75 Å². The molecule has 3 nitrogen and oxygen atoms in total. The number of piperidine rings is 1. The zero-order chi connectivity index (χ0) is 12.8. The molecule has 0 saturated carbocycles. The lowest BCUT2D eigenvalue weighted by atomic mass is 9.90. The van der Waals surface area contributed by atoms with Crippen molar-refractivity contribution in [3.63, 3.8) is 0 Å². The molecule has 0 atom stereocenters. The topological polar surface area (TPSA) is 38.5 Å². The average molecular weight is 248 g/mol. The highest BCUT2D eigenvalue weighted by Crippen LogP contribution is 2.23. The van der Waals surface area contributed by atoms with Crippen molar-refractivity contribution in [2.75, 3.05) is 33.3 Å². The standard InChI is InChI=1S/C15H24N2O/c1-18-15-4-2-3-14(12-15)11-13-5-8-17(9-6-13)10-7-16/h2-4,12-13H,5-11,16H2,1H3. The lowest BCUT2D eigenvalue weighted by Crippen LogP contribution is -2.37. The first-order valence-electron chi connectivity index (χ1n) is 6.87. The molecule has 2 rings (SSSR count). The SMILES string of the molecule is COc1cccc(CC2CCN(CCN)CC2)c1. The van der Waals surface area contributed by atoms with Crippen molar-refractivity contribution in [2.45, 2.75) is 19.3 Å². The molecule has 0 spiro atoms. The van der Waals surface area contributed by atoms with E-state index in [9.17, 15) is 0 Å². The Hall–Kier alpha value is -1.06. The lowest BCUT2D eigenvalue weighted by molar-refractivity contribution is 0.188. The third-order valence-electron chi connectivity index (χ3n) is 3.81. The molecular formula is C15H24N2O. The summed E-state index contributed by atoms with van der Waals surface area (Å²) in [6.45, 7) is 4.23. The summed E-state index contributed by atoms with van der Waals surface area (Å²) in [6, 6.07) is 8.45. The number of nitrogens with zero attached hydrogens (tertiary/aromatic N) is 1. The van der Waals surface area contributed by atoms with E-state index >= 15 is 0 Å². The smallest absolute Gasteiger partial charge is 0.119 e. The van der Waals surface area contributed by atoms with Gasteiger partial charge >= 0.3 is 0 Å². The van der Waals surface area contributed by atoms with Gasteiger partial charge in [0.25, 0.3) is 0 Å². The van der Waals surface area contributed by atoms with E-state index < -0.39 is 0 Å². The van der Waals surface area contributed by atoms with Crippen LogP contribution >= 0.6 is 0 Å². The van der Waals surface area contributed by atoms with Crippen molar-refractivity contribution in [2.24, 2.45) is 11.7 Å². The number of methoxy groups -OCH3 is 1. The first-order chi connectivity index (χ1) is 8.81. The van der Waals surface area contributed by atoms with E-state index in [4.69, 9.17) is 10.5 Å². The summed E-state index contributed by atoms with van der Waals surface area (Å²) < 4.78 is 5.27. The molecule has 0 radical (unpaired) electrons. The Morgan fingerprint density at radius 3 is 2.78 bits per heavy atom. The van der Waals surface area contributed by atoms with Crippen LogP contribution in [-0.2, 0) is 6.42 Å². The molecule has 1 heterocycles. The maximum Gasteiger partial charge on any atom is 0.119 e. The molecule has 1 aliphatic heterocycles. The second-order valence-corrected chi connectivity index (χ2v) is 5.13. The van der Waals surface area contributed by atoms with Gasteiger partial charge in [-0.25, -0.2) is 0 Å². The largest absolute Gasteiger partial charge is 0.497 e. The fourth-order valence-electron chi connectivity index (χ4n) is 2.73. The van der Waals surface area contributed by atoms with Gasteiger partial charge in [0.05, 0.1) is 7.11 Å². The van der Waals surface area contributed by atoms with E-state index in [0.29, 0.717) is 0 Å². The van der Waals surface area contributed by atoms with Crippen LogP contribution in [0.3, 0.4) is 0 Å². The van der Waals surface area contributed by atoms with E-state index in [-0.39, 0.29) is 0 Å². The molecule has 0 amide bonds. The molecule has 2 N–H and O–H groups in total. The Morgan fingerprint density at radius 1 is 1.33 bits per heavy atom. The maximum absolute atomic E-state index is 5.59. The summed E-state index contributed by atoms with van der Waals surface area (Å²) in [5, 5.41) is 0. The van der Waals surface area contributed by atoms with Gasteiger partial charge in [0.2, 0.25) is 0 Å². The van der Waals surface area contributed by atoms with Crippen molar-refractivity contribution in [1.29, 1.82) is 0 Å². The molecule has 1 aromatic carbocycles. The van der Waals surface area contributed by atoms with Crippen molar-refractivity contribution < 1.29 is 4.74 Å². The van der Waals surface area contributed by atoms with Crippen LogP contribution < -0.4 is 10.5 Å². The first-order valence-corrected chi connectivity index (χ1v) is 6.87. The second-order valence-electron chi connectivity index (χ2n) is 5.13. The number of likely N-dealkylation sites (tertiary alicyclic amines) is 1. The quantitative estimate of drug-likeness (QED) is 0.865. The van der Waals surface area contributed by atoms with Crippen LogP contribution in [0.25, 0.3) is 0 Å². The van der Waals surface area contributed by atoms with Crippen molar-refractivity contribution >= 4 is 0 Å². The van der Waals surface area contributed by atoms with Crippen LogP contribution in [0, 0.1) is 5.92 Å². The van der Waals surface area contributed by atoms with Gasteiger partial charge in [-0.05, 0) is 56.0 Å². The molecule has 3 heteroatoms. The minimum Gasteiger partial charge on any atom is -0.497 e. The number of hydrogen-bond donors (Lipinski definition) is 1. The molecule has 0 aromatic heterocycles. The lowest BCUT2D eigenvalue weighted by Gasteiger charge is -2.31. The van der Waals surface area contributed by atoms with Crippen molar-refractivity contribution in [3.05, 3.63) is 29.8 Å². The third kappa shape index (κ3) is 3.72. The Bertz CT molecular complexity index is 359. The van der Waals surface area contributed by atoms with Crippen LogP contribution in [0.1, 0.15) is 18.4 Å². The summed E-state index contributed by atoms with van der Waals surface area (Å²) in [6.07, 6.45) is 3.75. The Labute approximate surface area is 110 Å². The van der Waals surface area contributed by atoms with Gasteiger partial charge in [0, 0.05) is 13.1 Å². The van der Waals surface area contributed by atoms with E-state index in [0.717, 1.165) is 24.8 Å². The molecule has 18 heavy (non-hydrogen) atoms. The van der Waals surface area contributed by atoms with Gasteiger partial charge in [-0.1, -0.05) is 12.1 Å². The predicted molar refractivity (Wildman–Crippen MR) is 74.9 cm³/mol. The van der Waals surface area contributed by atoms with E-state index in [1.165, 1.54) is 37.9 Å². The zero-order valence-electron chi connectivity index (χ0n) is 11.3. The highest BCUT2D eigenvalue weighted by atomic mass is 16.5. The van der Waals surface area contributed by atoms with Crippen molar-refractivity contribution in [1.82, 2.24) is 4.90 Å². The Kier molecular flexibility index (Phi) is 5.02. The fourth-order valence-corrected chi connectivity index (χ4v) is 2.73. The van der Waals surface area contributed by atoms with Crippen LogP contribution in [0.4, 0.5) is 0 Å². The minimum absolute atomic E-state index is 0.778. The Balaban J connectivity index is 1.83. The molecule has 0 aliphatic carbocycles. The van der Waals surface area contributed by atoms with Gasteiger partial charge in [-0.2, -0.15) is 0 Å². The van der Waals surface area contributed by atoms with Crippen LogP contribution in [0.5, 0.6) is 5.75 Å². The van der Waals surface area contributed by atoms with E-state index in [1.54, 1.807) is 7.11 Å². The number of nitrogens with two attached hydrogens (primary N) is 1. The van der Waals surface area contributed by atoms with Gasteiger partial charge in [0.15, 0.2) is 0 Å². The molecule has 1 fully saturated rings. The van der Waals surface area contributed by atoms with Gasteiger partial charge < -0.3 is 15.4 Å². The number of benzene rings is 1. The third-order valence-corrected chi connectivity index (χ3v) is 3.81. The molecule has 1 aliphatic rings. The monoisotopic (exact) mass is 248 g/mol. The fraction of sp³-hybridized carbons (Fsp3) is 0.600. The summed E-state index contributed by atoms with van der Waals surface area (Å²) in [5.74, 6) is 1.78. The van der Waals surface area contributed by atoms with Crippen LogP contribution in [-0.4, -0.2) is 38.2 Å². The number of ether oxygens (including phenoxy) is 1. The maximum atomic E-state index is 5.59. The average Bonchev–Trinajstić information content (AvgIpc) is 2.42. The summed E-state index contributed by atoms with van der Waals surface area (Å²) in [7, 11) is 1.73. The predicted octanol–water partition coefficient (Wildman–Crippen LogP) is 1.91. The summed E-state index contributed by atoms with van der Waals surface area (Å²) in [4.78, 5) is 2.47. The Morgan fingerprint density at radius 2 is 2.11 bits per heavy atom. The van der Waals surface area contributed by atoms with Gasteiger partial charge in [0.1, 0.15) is 5.75 Å². The van der Waals surface area contributed by atoms with E-state index in [2.05, 4.69) is 23.1 Å². The minimum atomic E-state index is 0.778. The number of hydrogen-bond acceptors (Lipinski definition) is 3. The normalized spacial score (nSPS) is 17.9. The van der Waals surface area contributed by atoms with E-state index in [1.807, 2.05) is 6.07 Å². The zero-order valence-corrected chi connectivity index (χ0v) is 11.3. The van der Waals surface area contributed by atoms with Gasteiger partial charge in [-0.3, -0.25) is 0 Å². The highest BCUT2D eigenvalue weighted by molar-refractivity contribution is 5.28. The molecule has 0 unspecified atom stereocenters. The molecule has 0 bridgehead atoms. The van der Waals surface area contributed by atoms with Crippen LogP contribution in [0.2, 0.25) is 0 Å². The summed E-state index contributed by atoms with van der Waals surface area (Å²) >= 11 is 0.